The van der Waals surface area contributed by atoms with Gasteiger partial charge in [-0.15, -0.1) is 10.2 Å². The molecule has 0 spiro atoms. The number of hydrogen-bond acceptors (Lipinski definition) is 30. The van der Waals surface area contributed by atoms with Crippen molar-refractivity contribution in [2.24, 2.45) is 22.0 Å². The molecule has 45 heteroatoms. The van der Waals surface area contributed by atoms with Gasteiger partial charge < -0.3 is 49.1 Å². The molecule has 11 heterocycles. The molecule has 0 fully saturated rings. The highest BCUT2D eigenvalue weighted by Gasteiger charge is 1.99. The number of nitrogen functional groups attached to an aromatic ring is 6. The minimum Gasteiger partial charge on any atom is -0.429 e. The van der Waals surface area contributed by atoms with E-state index in [1.807, 2.05) is 37.6 Å². The fraction of sp³-hybridized carbons (Fsp3) is 0.114. The van der Waals surface area contributed by atoms with Gasteiger partial charge >= 0.3 is 0 Å². The molecule has 0 amide bonds. The van der Waals surface area contributed by atoms with Gasteiger partial charge in [0.25, 0.3) is 6.47 Å². The van der Waals surface area contributed by atoms with Crippen LogP contribution < -0.4 is 44.6 Å². The van der Waals surface area contributed by atoms with Crippen LogP contribution in [0, 0.1) is 19.1 Å². The van der Waals surface area contributed by atoms with E-state index in [9.17, 15) is 4.79 Å². The molecule has 0 atom stereocenters. The first-order valence-electron chi connectivity index (χ1n) is 21.2. The predicted octanol–water partition coefficient (Wildman–Crippen LogP) is 0.609. The molecular formula is C35H49N37O2S6. The Morgan fingerprint density at radius 2 is 1.35 bits per heavy atom. The second-order valence-electron chi connectivity index (χ2n) is 13.2. The average Bonchev–Trinajstić information content (AvgIpc) is 4.28. The molecule has 80 heavy (non-hydrogen) atoms. The number of nitrogens with two attached hydrogens (primary N) is 6. The van der Waals surface area contributed by atoms with E-state index in [0.29, 0.717) is 64.9 Å². The van der Waals surface area contributed by atoms with Crippen molar-refractivity contribution < 1.29 is 9.53 Å². The molecule has 39 nitrogen and oxygen atoms in total. The van der Waals surface area contributed by atoms with Crippen molar-refractivity contribution >= 4 is 155 Å². The summed E-state index contributed by atoms with van der Waals surface area (Å²) in [7, 11) is 1.84. The van der Waals surface area contributed by atoms with Crippen molar-refractivity contribution in [3.63, 3.8) is 0 Å². The second kappa shape index (κ2) is 37.4. The number of aromatic nitrogens is 27. The van der Waals surface area contributed by atoms with Crippen LogP contribution in [0.25, 0.3) is 22.1 Å². The van der Waals surface area contributed by atoms with E-state index in [-0.39, 0.29) is 11.9 Å². The maximum Gasteiger partial charge on any atom is 0.298 e. The number of aryl methyl sites for hydroxylation is 1. The molecule has 24 N–H and O–H groups in total. The van der Waals surface area contributed by atoms with Crippen LogP contribution in [0.5, 0.6) is 5.75 Å². The number of carbonyl (C=O) groups excluding carboxylic acids is 1. The number of ether oxygens (including phenoxy) is 1. The molecule has 2 aliphatic rings. The van der Waals surface area contributed by atoms with Gasteiger partial charge in [-0.1, -0.05) is 23.9 Å². The van der Waals surface area contributed by atoms with Crippen LogP contribution in [-0.4, -0.2) is 186 Å². The summed E-state index contributed by atoms with van der Waals surface area (Å²) in [4.78, 5) is 39.2. The van der Waals surface area contributed by atoms with Gasteiger partial charge in [-0.05, 0) is 91.6 Å². The van der Waals surface area contributed by atoms with E-state index < -0.39 is 0 Å². The lowest BCUT2D eigenvalue weighted by Gasteiger charge is -1.94. The Labute approximate surface area is 477 Å². The molecule has 0 saturated heterocycles. The van der Waals surface area contributed by atoms with Gasteiger partial charge in [0.2, 0.25) is 49.2 Å². The first-order valence-corrected chi connectivity index (χ1v) is 24.5. The maximum absolute atomic E-state index is 9.98. The Morgan fingerprint density at radius 3 is 1.64 bits per heavy atom. The van der Waals surface area contributed by atoms with Crippen molar-refractivity contribution in [3.05, 3.63) is 86.9 Å². The van der Waals surface area contributed by atoms with Gasteiger partial charge in [-0.2, -0.15) is 61.1 Å². The highest BCUT2D eigenvalue weighted by Crippen LogP contribution is 2.16. The van der Waals surface area contributed by atoms with Crippen LogP contribution in [0.15, 0.2) is 87.9 Å². The number of anilines is 5. The Kier molecular flexibility index (Phi) is 29.9. The quantitative estimate of drug-likeness (QED) is 0.0499. The third-order valence-corrected chi connectivity index (χ3v) is 9.42. The monoisotopic (exact) mass is 1210 g/mol. The van der Waals surface area contributed by atoms with E-state index >= 15 is 0 Å². The number of nitrogens with one attached hydrogen (secondary N) is 12. The number of hydrogen-bond donors (Lipinski definition) is 18. The van der Waals surface area contributed by atoms with Crippen molar-refractivity contribution in [1.29, 1.82) is 0 Å². The lowest BCUT2D eigenvalue weighted by atomic mass is 10.3. The fourth-order valence-electron chi connectivity index (χ4n) is 4.19. The standard InChI is InChI=1S/C7H5N3O2.C6H5N3.C3H6N4S.C3H5N3S.C3H4N2S.C3H4N2.C2H5N5.2C2H4N4S.C2H4N4.C2H3N3S/c11-4-12-5-1-2-6-7(3-5)9-10-8-6;1-2-4-6-5(3-1)7-9-8-6;1-8-3-5-2(4)6-7-3;1-6-2-4-5-3(6)7;6-3-4-1-2-5-3;1-2-5-3-4-1;3-1-5-2(4)7-6-1;3-6-1-4-5-2(6)7;3-1-4-2(7)6-5-1;3-2-4-1-5-6-2;6-2-3-1-4-5-2/h1-4H,(H,8,9,10);1-4H,(H,7,8,9);1H3,(H3,4,5,6,7);2H,1H3,(H,5,7);1H,2H2,(H,5,6);1,3H,2H2;(H5,3,4,5,6,7);1H,3H2,(H,5,7);(H4,3,4,5,6,7);1H,(H3,3,4,5,6);1H,(H2,3,4,5,6). The molecule has 11 aromatic rings. The zero-order valence-corrected chi connectivity index (χ0v) is 46.2. The number of carbonyl (C=O) groups is 1. The highest BCUT2D eigenvalue weighted by molar-refractivity contribution is 7.98. The van der Waals surface area contributed by atoms with Gasteiger partial charge in [0.05, 0.1) is 13.1 Å². The van der Waals surface area contributed by atoms with Crippen molar-refractivity contribution in [2.75, 3.05) is 53.9 Å². The number of nitrogens with zero attached hydrogens (tertiary/aromatic N) is 19. The second-order valence-corrected chi connectivity index (χ2v) is 15.9. The number of thioether (sulfide) groups is 1. The molecule has 9 aromatic heterocycles. The topological polar surface area (TPSA) is 596 Å². The lowest BCUT2D eigenvalue weighted by molar-refractivity contribution is -0.120. The van der Waals surface area contributed by atoms with Crippen LogP contribution in [0.4, 0.5) is 29.7 Å². The average molecular weight is 1210 g/mol. The van der Waals surface area contributed by atoms with Crippen molar-refractivity contribution in [2.45, 2.75) is 5.16 Å². The SMILES string of the molecule is C1=NC=NC1.CSc1n[nH]c(N)n1.Cn1cn[nH]c1=S.Nc1n[nH]c(N)n1.Nc1nc(=S)[nH][nH]1.Nc1ncn[nH]1.Nn1cn[nH]c1=S.O=COc1ccc2n[nH]nc2c1.S=C1N=CCN1.S=c1nc[nH][nH]1.c1ccc2n[nH]nc2c1. The highest BCUT2D eigenvalue weighted by atomic mass is 32.2. The molecule has 0 unspecified atom stereocenters. The third kappa shape index (κ3) is 28.0. The predicted molar refractivity (Wildman–Crippen MR) is 312 cm³/mol. The summed E-state index contributed by atoms with van der Waals surface area (Å²) in [6.07, 6.45) is 12.9. The van der Waals surface area contributed by atoms with E-state index in [4.69, 9.17) is 46.7 Å². The summed E-state index contributed by atoms with van der Waals surface area (Å²) in [6, 6.07) is 12.7. The number of para-hydroxylation sites is 2. The lowest BCUT2D eigenvalue weighted by Crippen LogP contribution is -2.12. The zero-order chi connectivity index (χ0) is 58.3. The molecule has 2 aliphatic heterocycles. The minimum absolute atomic E-state index is 0.178. The molecular weight excluding hydrogens is 1160 g/mol. The number of thiocarbonyl (C=S) groups is 1. The third-order valence-electron chi connectivity index (χ3n) is 7.54. The van der Waals surface area contributed by atoms with Gasteiger partial charge in [0.1, 0.15) is 59.5 Å². The van der Waals surface area contributed by atoms with Crippen LogP contribution in [-0.2, 0) is 11.8 Å². The number of benzene rings is 2. The van der Waals surface area contributed by atoms with E-state index in [1.165, 1.54) is 35.4 Å². The number of rotatable bonds is 3. The molecule has 0 radical (unpaired) electrons. The molecule has 0 bridgehead atoms. The van der Waals surface area contributed by atoms with E-state index in [1.54, 1.807) is 47.9 Å². The van der Waals surface area contributed by atoms with Gasteiger partial charge in [-0.25, -0.2) is 39.9 Å². The van der Waals surface area contributed by atoms with E-state index in [0.717, 1.165) is 29.6 Å². The zero-order valence-electron chi connectivity index (χ0n) is 41.3. The first-order chi connectivity index (χ1) is 38.6. The van der Waals surface area contributed by atoms with Crippen LogP contribution in [0.1, 0.15) is 0 Å². The summed E-state index contributed by atoms with van der Waals surface area (Å²) in [5.74, 6) is 7.10. The maximum atomic E-state index is 9.98. The smallest absolute Gasteiger partial charge is 0.298 e. The molecule has 0 aliphatic carbocycles. The number of aromatic amines is 11. The Bertz CT molecular complexity index is 3610. The first kappa shape index (κ1) is 63.9. The fourth-order valence-corrected chi connectivity index (χ4v) is 5.13. The van der Waals surface area contributed by atoms with Crippen LogP contribution in [0.3, 0.4) is 0 Å². The molecule has 422 valence electrons. The molecule has 2 aromatic carbocycles. The summed E-state index contributed by atoms with van der Waals surface area (Å²) < 4.78 is 9.55. The van der Waals surface area contributed by atoms with Crippen molar-refractivity contribution in [3.8, 4) is 5.75 Å². The molecule has 0 saturated carbocycles. The Hall–Kier alpha value is -10.4. The van der Waals surface area contributed by atoms with Gasteiger partial charge in [0.15, 0.2) is 9.88 Å². The number of aliphatic imine (C=N–C) groups is 3. The summed E-state index contributed by atoms with van der Waals surface area (Å²) in [6.45, 7) is 1.96. The summed E-state index contributed by atoms with van der Waals surface area (Å²) >= 11 is 24.5. The van der Waals surface area contributed by atoms with Gasteiger partial charge in [0, 0.05) is 25.5 Å². The van der Waals surface area contributed by atoms with Crippen molar-refractivity contribution in [1.82, 2.24) is 142 Å². The Balaban J connectivity index is 0.000000233. The Morgan fingerprint density at radius 1 is 0.675 bits per heavy atom. The van der Waals surface area contributed by atoms with E-state index in [2.05, 4.69) is 201 Å². The van der Waals surface area contributed by atoms with Gasteiger partial charge in [-0.3, -0.25) is 40.4 Å². The largest absolute Gasteiger partial charge is 0.429 e. The summed E-state index contributed by atoms with van der Waals surface area (Å²) in [5, 5.41) is 64.9. The van der Waals surface area contributed by atoms with Crippen LogP contribution >= 0.6 is 72.9 Å². The minimum atomic E-state index is 0.178. The molecule has 13 rings (SSSR count). The van der Waals surface area contributed by atoms with Crippen LogP contribution in [0.2, 0.25) is 0 Å². The summed E-state index contributed by atoms with van der Waals surface area (Å²) in [5.41, 5.74) is 28.7. The number of fused-ring (bicyclic) bond motifs is 2. The normalized spacial score (nSPS) is 10.6. The number of H-pyrrole nitrogens is 11.